The molecule has 0 unspecified atom stereocenters. The Morgan fingerprint density at radius 1 is 0.955 bits per heavy atom. The first-order valence-corrected chi connectivity index (χ1v) is 7.65. The molecular weight excluding hydrogens is 276 g/mol. The average Bonchev–Trinajstić information content (AvgIpc) is 2.56. The highest BCUT2D eigenvalue weighted by atomic mass is 16.7. The minimum absolute atomic E-state index is 0.0569. The number of hydrogen-bond acceptors (Lipinski definition) is 3. The molecule has 0 aromatic heterocycles. The summed E-state index contributed by atoms with van der Waals surface area (Å²) in [4.78, 5) is 0. The van der Waals surface area contributed by atoms with Crippen LogP contribution in [0.3, 0.4) is 0 Å². The van der Waals surface area contributed by atoms with E-state index in [4.69, 9.17) is 14.2 Å². The standard InChI is InChI=1S/C19H22O3/c1-13-4-6-15(7-5-13)18-14(2)12-21-19(22-18)16-8-10-17(20-3)11-9-16/h4-11,14,18-19H,12H2,1-3H3/t14-,18-,19-/m0/s1. The van der Waals surface area contributed by atoms with Gasteiger partial charge in [0.05, 0.1) is 19.8 Å². The van der Waals surface area contributed by atoms with E-state index in [-0.39, 0.29) is 12.4 Å². The van der Waals surface area contributed by atoms with Crippen LogP contribution in [0.25, 0.3) is 0 Å². The van der Waals surface area contributed by atoms with Gasteiger partial charge in [-0.25, -0.2) is 0 Å². The Balaban J connectivity index is 1.79. The third-order valence-corrected chi connectivity index (χ3v) is 4.09. The van der Waals surface area contributed by atoms with Crippen molar-refractivity contribution in [2.75, 3.05) is 13.7 Å². The second kappa shape index (κ2) is 6.51. The first-order chi connectivity index (χ1) is 10.7. The Kier molecular flexibility index (Phi) is 4.46. The zero-order valence-corrected chi connectivity index (χ0v) is 13.3. The molecule has 0 radical (unpaired) electrons. The topological polar surface area (TPSA) is 27.7 Å². The van der Waals surface area contributed by atoms with Crippen LogP contribution in [0.1, 0.15) is 36.0 Å². The number of ether oxygens (including phenoxy) is 3. The van der Waals surface area contributed by atoms with E-state index in [1.165, 1.54) is 11.1 Å². The van der Waals surface area contributed by atoms with Crippen LogP contribution >= 0.6 is 0 Å². The van der Waals surface area contributed by atoms with Crippen LogP contribution in [0.4, 0.5) is 0 Å². The normalized spacial score (nSPS) is 25.0. The summed E-state index contributed by atoms with van der Waals surface area (Å²) in [6.45, 7) is 4.95. The molecule has 2 aromatic rings. The number of methoxy groups -OCH3 is 1. The van der Waals surface area contributed by atoms with Gasteiger partial charge < -0.3 is 14.2 Å². The minimum atomic E-state index is -0.326. The number of rotatable bonds is 3. The Labute approximate surface area is 131 Å². The zero-order valence-electron chi connectivity index (χ0n) is 13.3. The van der Waals surface area contributed by atoms with Crippen molar-refractivity contribution >= 4 is 0 Å². The maximum absolute atomic E-state index is 6.22. The smallest absolute Gasteiger partial charge is 0.184 e. The van der Waals surface area contributed by atoms with Crippen molar-refractivity contribution < 1.29 is 14.2 Å². The molecule has 0 N–H and O–H groups in total. The molecule has 1 fully saturated rings. The lowest BCUT2D eigenvalue weighted by Gasteiger charge is -2.35. The van der Waals surface area contributed by atoms with Gasteiger partial charge in [-0.3, -0.25) is 0 Å². The van der Waals surface area contributed by atoms with Gasteiger partial charge in [0.15, 0.2) is 6.29 Å². The molecule has 3 atom stereocenters. The molecule has 22 heavy (non-hydrogen) atoms. The van der Waals surface area contributed by atoms with Crippen LogP contribution in [0.15, 0.2) is 48.5 Å². The van der Waals surface area contributed by atoms with Crippen LogP contribution < -0.4 is 4.74 Å². The first-order valence-electron chi connectivity index (χ1n) is 7.65. The predicted octanol–water partition coefficient (Wildman–Crippen LogP) is 4.43. The summed E-state index contributed by atoms with van der Waals surface area (Å²) in [6.07, 6.45) is -0.269. The monoisotopic (exact) mass is 298 g/mol. The number of benzene rings is 2. The molecule has 3 heteroatoms. The van der Waals surface area contributed by atoms with E-state index in [1.807, 2.05) is 24.3 Å². The van der Waals surface area contributed by atoms with Crippen molar-refractivity contribution in [1.82, 2.24) is 0 Å². The summed E-state index contributed by atoms with van der Waals surface area (Å²) in [5, 5.41) is 0. The Hall–Kier alpha value is -1.84. The van der Waals surface area contributed by atoms with Crippen LogP contribution in [-0.4, -0.2) is 13.7 Å². The summed E-state index contributed by atoms with van der Waals surface area (Å²) in [5.41, 5.74) is 3.49. The maximum atomic E-state index is 6.22. The fraction of sp³-hybridized carbons (Fsp3) is 0.368. The van der Waals surface area contributed by atoms with E-state index in [0.29, 0.717) is 12.5 Å². The lowest BCUT2D eigenvalue weighted by Crippen LogP contribution is -2.28. The van der Waals surface area contributed by atoms with Gasteiger partial charge in [0.1, 0.15) is 5.75 Å². The average molecular weight is 298 g/mol. The van der Waals surface area contributed by atoms with Gasteiger partial charge in [-0.15, -0.1) is 0 Å². The van der Waals surface area contributed by atoms with Gasteiger partial charge >= 0.3 is 0 Å². The van der Waals surface area contributed by atoms with Gasteiger partial charge in [-0.2, -0.15) is 0 Å². The van der Waals surface area contributed by atoms with E-state index in [2.05, 4.69) is 38.1 Å². The van der Waals surface area contributed by atoms with Gasteiger partial charge in [0.25, 0.3) is 0 Å². The zero-order chi connectivity index (χ0) is 15.5. The van der Waals surface area contributed by atoms with Crippen molar-refractivity contribution in [2.24, 2.45) is 5.92 Å². The molecule has 1 saturated heterocycles. The van der Waals surface area contributed by atoms with E-state index in [1.54, 1.807) is 7.11 Å². The molecule has 0 aliphatic carbocycles. The fourth-order valence-electron chi connectivity index (χ4n) is 2.73. The highest BCUT2D eigenvalue weighted by Crippen LogP contribution is 2.38. The SMILES string of the molecule is COc1ccc([C@H]2OC[C@H](C)[C@@H](c3ccc(C)cc3)O2)cc1. The minimum Gasteiger partial charge on any atom is -0.497 e. The van der Waals surface area contributed by atoms with Crippen LogP contribution in [0.2, 0.25) is 0 Å². The molecule has 0 amide bonds. The van der Waals surface area contributed by atoms with Gasteiger partial charge in [0.2, 0.25) is 0 Å². The molecule has 1 aliphatic heterocycles. The molecule has 3 rings (SSSR count). The van der Waals surface area contributed by atoms with Crippen molar-refractivity contribution in [1.29, 1.82) is 0 Å². The highest BCUT2D eigenvalue weighted by Gasteiger charge is 2.31. The fourth-order valence-corrected chi connectivity index (χ4v) is 2.73. The Morgan fingerprint density at radius 3 is 2.23 bits per heavy atom. The van der Waals surface area contributed by atoms with E-state index < -0.39 is 0 Å². The Morgan fingerprint density at radius 2 is 1.59 bits per heavy atom. The van der Waals surface area contributed by atoms with Crippen LogP contribution in [0.5, 0.6) is 5.75 Å². The van der Waals surface area contributed by atoms with Crippen molar-refractivity contribution in [3.8, 4) is 5.75 Å². The summed E-state index contributed by atoms with van der Waals surface area (Å²) >= 11 is 0. The lowest BCUT2D eigenvalue weighted by molar-refractivity contribution is -0.241. The second-order valence-electron chi connectivity index (χ2n) is 5.88. The molecular formula is C19H22O3. The summed E-state index contributed by atoms with van der Waals surface area (Å²) in [7, 11) is 1.66. The molecule has 2 aromatic carbocycles. The van der Waals surface area contributed by atoms with Crippen molar-refractivity contribution in [3.05, 3.63) is 65.2 Å². The molecule has 1 aliphatic rings. The van der Waals surface area contributed by atoms with E-state index >= 15 is 0 Å². The van der Waals surface area contributed by atoms with Crippen LogP contribution in [-0.2, 0) is 9.47 Å². The molecule has 0 spiro atoms. The largest absolute Gasteiger partial charge is 0.497 e. The summed E-state index contributed by atoms with van der Waals surface area (Å²) < 4.78 is 17.3. The third kappa shape index (κ3) is 3.16. The highest BCUT2D eigenvalue weighted by molar-refractivity contribution is 5.28. The molecule has 0 saturated carbocycles. The molecule has 0 bridgehead atoms. The number of hydrogen-bond donors (Lipinski definition) is 0. The van der Waals surface area contributed by atoms with Gasteiger partial charge in [-0.1, -0.05) is 48.9 Å². The second-order valence-corrected chi connectivity index (χ2v) is 5.88. The third-order valence-electron chi connectivity index (χ3n) is 4.09. The predicted molar refractivity (Wildman–Crippen MR) is 85.9 cm³/mol. The summed E-state index contributed by atoms with van der Waals surface area (Å²) in [6, 6.07) is 16.4. The molecule has 116 valence electrons. The van der Waals surface area contributed by atoms with E-state index in [9.17, 15) is 0 Å². The first kappa shape index (κ1) is 15.1. The molecule has 1 heterocycles. The number of aryl methyl sites for hydroxylation is 1. The van der Waals surface area contributed by atoms with Gasteiger partial charge in [-0.05, 0) is 24.6 Å². The Bertz CT molecular complexity index is 604. The van der Waals surface area contributed by atoms with E-state index in [0.717, 1.165) is 11.3 Å². The maximum Gasteiger partial charge on any atom is 0.184 e. The van der Waals surface area contributed by atoms with Crippen molar-refractivity contribution in [2.45, 2.75) is 26.2 Å². The van der Waals surface area contributed by atoms with Crippen LogP contribution in [0, 0.1) is 12.8 Å². The van der Waals surface area contributed by atoms with Gasteiger partial charge in [0, 0.05) is 11.5 Å². The summed E-state index contributed by atoms with van der Waals surface area (Å²) in [5.74, 6) is 1.17. The van der Waals surface area contributed by atoms with Crippen molar-refractivity contribution in [3.63, 3.8) is 0 Å². The lowest BCUT2D eigenvalue weighted by atomic mass is 9.96. The molecule has 3 nitrogen and oxygen atoms in total. The quantitative estimate of drug-likeness (QED) is 0.839.